The lowest BCUT2D eigenvalue weighted by molar-refractivity contribution is -0.542. The average molecular weight is 368 g/mol. The fraction of sp³-hybridized carbons (Fsp3) is 0.727. The van der Waals surface area contributed by atoms with Gasteiger partial charge >= 0.3 is 0 Å². The predicted molar refractivity (Wildman–Crippen MR) is 115 cm³/mol. The van der Waals surface area contributed by atoms with E-state index in [1.165, 1.54) is 88.6 Å². The van der Waals surface area contributed by atoms with Crippen molar-refractivity contribution in [2.75, 3.05) is 5.32 Å². The zero-order valence-corrected chi connectivity index (χ0v) is 17.4. The van der Waals surface area contributed by atoms with Crippen molar-refractivity contribution in [1.82, 2.24) is 4.81 Å². The summed E-state index contributed by atoms with van der Waals surface area (Å²) in [6, 6.07) is 7.71. The molecule has 2 saturated carbocycles. The van der Waals surface area contributed by atoms with Crippen LogP contribution in [0.25, 0.3) is 0 Å². The number of nitrogens with one attached hydrogen (secondary N) is 1. The Morgan fingerprint density at radius 1 is 1.00 bits per heavy atom. The van der Waals surface area contributed by atoms with Crippen molar-refractivity contribution < 1.29 is 4.48 Å². The zero-order valence-electron chi connectivity index (χ0n) is 17.4. The molecule has 1 aliphatic heterocycles. The first-order valence-electron chi connectivity index (χ1n) is 11.6. The fourth-order valence-electron chi connectivity index (χ4n) is 6.00. The highest BCUT2D eigenvalue weighted by molar-refractivity contribution is 6.72. The first kappa shape index (κ1) is 18.8. The van der Waals surface area contributed by atoms with Crippen molar-refractivity contribution in [1.29, 1.82) is 0 Å². The summed E-state index contributed by atoms with van der Waals surface area (Å²) in [5.41, 5.74) is 0. The second-order valence-corrected chi connectivity index (χ2v) is 9.01. The molecule has 4 nitrogen and oxygen atoms in total. The van der Waals surface area contributed by atoms with Gasteiger partial charge in [0.05, 0.1) is 6.04 Å². The van der Waals surface area contributed by atoms with Crippen LogP contribution < -0.4 is 9.79 Å². The van der Waals surface area contributed by atoms with E-state index in [1.807, 2.05) is 0 Å². The molecule has 0 radical (unpaired) electrons. The third-order valence-corrected chi connectivity index (χ3v) is 7.57. The summed E-state index contributed by atoms with van der Waals surface area (Å²) >= 11 is 0. The molecule has 0 amide bonds. The van der Waals surface area contributed by atoms with Crippen LogP contribution in [0.15, 0.2) is 29.4 Å². The Bertz CT molecular complexity index is 658. The van der Waals surface area contributed by atoms with E-state index in [4.69, 9.17) is 4.99 Å². The molecule has 1 N–H and O–H groups in total. The van der Waals surface area contributed by atoms with Gasteiger partial charge in [0.1, 0.15) is 0 Å². The lowest BCUT2D eigenvalue weighted by Crippen LogP contribution is -2.80. The molecule has 5 heteroatoms. The van der Waals surface area contributed by atoms with Crippen LogP contribution in [0.2, 0.25) is 12.6 Å². The monoisotopic (exact) mass is 368 g/mol. The van der Waals surface area contributed by atoms with E-state index in [0.29, 0.717) is 12.1 Å². The van der Waals surface area contributed by atoms with Gasteiger partial charge in [0, 0.05) is 12.3 Å². The normalized spacial score (nSPS) is 25.3. The van der Waals surface area contributed by atoms with E-state index in [-0.39, 0.29) is 0 Å². The fourth-order valence-corrected chi connectivity index (χ4v) is 6.00. The van der Waals surface area contributed by atoms with Gasteiger partial charge in [-0.25, -0.2) is 10.3 Å². The number of aliphatic imine (C=N–C) groups is 1. The second kappa shape index (κ2) is 8.24. The van der Waals surface area contributed by atoms with Gasteiger partial charge < -0.3 is 9.29 Å². The number of hydrogen-bond acceptors (Lipinski definition) is 1. The van der Waals surface area contributed by atoms with E-state index in [2.05, 4.69) is 52.8 Å². The van der Waals surface area contributed by atoms with E-state index >= 15 is 0 Å². The number of fused-ring (bicyclic) bond motifs is 1. The Balaban J connectivity index is 1.79. The molecular formula is C22H37BN4. The first-order chi connectivity index (χ1) is 13.3. The highest BCUT2D eigenvalue weighted by Crippen LogP contribution is 2.33. The van der Waals surface area contributed by atoms with Crippen molar-refractivity contribution in [2.24, 2.45) is 4.99 Å². The Morgan fingerprint density at radius 3 is 2.33 bits per heavy atom. The Hall–Kier alpha value is -1.52. The van der Waals surface area contributed by atoms with Gasteiger partial charge in [0.25, 0.3) is 12.4 Å². The molecule has 4 rings (SSSR count). The Labute approximate surface area is 165 Å². The Morgan fingerprint density at radius 2 is 1.67 bits per heavy atom. The lowest BCUT2D eigenvalue weighted by Gasteiger charge is -2.55. The van der Waals surface area contributed by atoms with E-state index in [1.54, 1.807) is 0 Å². The van der Waals surface area contributed by atoms with Gasteiger partial charge in [-0.1, -0.05) is 58.4 Å². The molecule has 0 aromatic carbocycles. The molecular weight excluding hydrogens is 331 g/mol. The number of rotatable bonds is 4. The van der Waals surface area contributed by atoms with Crippen LogP contribution >= 0.6 is 0 Å². The minimum Gasteiger partial charge on any atom is -0.454 e. The molecule has 0 atom stereocenters. The number of hydrogen-bond donors (Lipinski definition) is 1. The lowest BCUT2D eigenvalue weighted by atomic mass is 9.39. The van der Waals surface area contributed by atoms with Crippen molar-refractivity contribution in [3.63, 3.8) is 0 Å². The van der Waals surface area contributed by atoms with Crippen molar-refractivity contribution in [3.05, 3.63) is 24.4 Å². The highest BCUT2D eigenvalue weighted by atomic mass is 15.4. The molecule has 27 heavy (non-hydrogen) atoms. The van der Waals surface area contributed by atoms with Gasteiger partial charge in [-0.15, -0.1) is 12.6 Å². The van der Waals surface area contributed by atoms with Crippen molar-refractivity contribution in [2.45, 2.75) is 103 Å². The van der Waals surface area contributed by atoms with Crippen LogP contribution in [0.4, 0.5) is 5.82 Å². The van der Waals surface area contributed by atoms with E-state index < -0.39 is 6.42 Å². The summed E-state index contributed by atoms with van der Waals surface area (Å²) in [7, 11) is 0. The Kier molecular flexibility index (Phi) is 5.75. The summed E-state index contributed by atoms with van der Waals surface area (Å²) in [4.78, 5) is 8.15. The first-order valence-corrected chi connectivity index (χ1v) is 11.6. The molecule has 0 bridgehead atoms. The van der Waals surface area contributed by atoms with Crippen LogP contribution in [0.3, 0.4) is 0 Å². The molecule has 2 heterocycles. The SMILES string of the molecule is CC[B-]1(CC)N(C2CCCCC2)C(=NC2CCCCC2)Nc2cccc[n+]21. The maximum absolute atomic E-state index is 5.38. The topological polar surface area (TPSA) is 31.5 Å². The van der Waals surface area contributed by atoms with Gasteiger partial charge in [0.15, 0.2) is 0 Å². The molecule has 2 fully saturated rings. The summed E-state index contributed by atoms with van der Waals surface area (Å²) in [6.45, 7) is 4.76. The highest BCUT2D eigenvalue weighted by Gasteiger charge is 2.46. The van der Waals surface area contributed by atoms with Crippen molar-refractivity contribution >= 4 is 18.2 Å². The molecule has 1 aromatic rings. The number of guanidine groups is 1. The number of nitrogens with zero attached hydrogens (tertiary/aromatic N) is 3. The third kappa shape index (κ3) is 3.50. The van der Waals surface area contributed by atoms with Gasteiger partial charge in [0.2, 0.25) is 5.82 Å². The summed E-state index contributed by atoms with van der Waals surface area (Å²) in [5.74, 6) is 2.41. The van der Waals surface area contributed by atoms with Gasteiger partial charge in [-0.3, -0.25) is 0 Å². The van der Waals surface area contributed by atoms with Crippen LogP contribution in [0, 0.1) is 0 Å². The summed E-state index contributed by atoms with van der Waals surface area (Å²) in [5, 5.41) is 3.77. The summed E-state index contributed by atoms with van der Waals surface area (Å²) in [6.07, 6.45) is 17.1. The average Bonchev–Trinajstić information content (AvgIpc) is 2.74. The quantitative estimate of drug-likeness (QED) is 0.754. The van der Waals surface area contributed by atoms with Crippen LogP contribution in [0.5, 0.6) is 0 Å². The largest absolute Gasteiger partial charge is 0.454 e. The van der Waals surface area contributed by atoms with Crippen LogP contribution in [-0.4, -0.2) is 29.3 Å². The zero-order chi connectivity index (χ0) is 18.7. The number of pyridine rings is 1. The molecule has 2 aliphatic carbocycles. The molecule has 0 saturated heterocycles. The maximum atomic E-state index is 5.38. The second-order valence-electron chi connectivity index (χ2n) is 9.01. The van der Waals surface area contributed by atoms with Gasteiger partial charge in [-0.05, 0) is 37.8 Å². The molecule has 148 valence electrons. The predicted octanol–water partition coefficient (Wildman–Crippen LogP) is 5.05. The minimum atomic E-state index is -0.838. The number of anilines is 1. The molecule has 1 aromatic heterocycles. The number of aromatic nitrogens is 1. The summed E-state index contributed by atoms with van der Waals surface area (Å²) < 4.78 is 2.55. The van der Waals surface area contributed by atoms with E-state index in [0.717, 1.165) is 0 Å². The minimum absolute atomic E-state index is 0.504. The molecule has 3 aliphatic rings. The third-order valence-electron chi connectivity index (χ3n) is 7.57. The molecule has 0 unspecified atom stereocenters. The van der Waals surface area contributed by atoms with Crippen molar-refractivity contribution in [3.8, 4) is 0 Å². The van der Waals surface area contributed by atoms with Crippen LogP contribution in [0.1, 0.15) is 78.1 Å². The molecule has 0 spiro atoms. The smallest absolute Gasteiger partial charge is 0.288 e. The van der Waals surface area contributed by atoms with Gasteiger partial charge in [-0.2, -0.15) is 0 Å². The van der Waals surface area contributed by atoms with Crippen LogP contribution in [-0.2, 0) is 0 Å². The standard InChI is InChI=1S/C22H37BN4/c1-3-23(4-2)26-18-12-11-17-21(26)25-22(24-19-13-7-5-8-14-19)27(23)20-15-9-6-10-16-20/h11-12,17-20H,3-10,13-16H2,1-2H3,(H,24,25). The van der Waals surface area contributed by atoms with E-state index in [9.17, 15) is 0 Å². The maximum Gasteiger partial charge on any atom is 0.288 e.